The van der Waals surface area contributed by atoms with Gasteiger partial charge in [-0.15, -0.1) is 0 Å². The van der Waals surface area contributed by atoms with E-state index in [2.05, 4.69) is 97.6 Å². The fraction of sp³-hybridized carbons (Fsp3) is 0.357. The molecule has 1 heterocycles. The molecule has 0 spiro atoms. The Labute approximate surface area is 180 Å². The van der Waals surface area contributed by atoms with Gasteiger partial charge in [0.25, 0.3) is 0 Å². The number of likely N-dealkylation sites (tertiary alicyclic amines) is 1. The summed E-state index contributed by atoms with van der Waals surface area (Å²) in [4.78, 5) is 2.74. The zero-order chi connectivity index (χ0) is 20.6. The first kappa shape index (κ1) is 19.4. The van der Waals surface area contributed by atoms with Crippen LogP contribution in [0.5, 0.6) is 5.75 Å². The molecule has 30 heavy (non-hydrogen) atoms. The van der Waals surface area contributed by atoms with Crippen molar-refractivity contribution in [3.8, 4) is 5.75 Å². The van der Waals surface area contributed by atoms with E-state index < -0.39 is 0 Å². The number of hydrogen-bond donors (Lipinski definition) is 0. The molecule has 3 aromatic rings. The largest absolute Gasteiger partial charge is 0.489 e. The zero-order valence-electron chi connectivity index (χ0n) is 18.1. The molecule has 0 bridgehead atoms. The van der Waals surface area contributed by atoms with E-state index in [1.807, 2.05) is 0 Å². The molecule has 2 nitrogen and oxygen atoms in total. The summed E-state index contributed by atoms with van der Waals surface area (Å²) in [5.41, 5.74) is 5.04. The molecule has 0 amide bonds. The van der Waals surface area contributed by atoms with Crippen LogP contribution in [0.1, 0.15) is 42.0 Å². The third-order valence-electron chi connectivity index (χ3n) is 7.10. The van der Waals surface area contributed by atoms with Crippen LogP contribution in [0.3, 0.4) is 0 Å². The fourth-order valence-corrected chi connectivity index (χ4v) is 5.38. The first-order chi connectivity index (χ1) is 14.7. The van der Waals surface area contributed by atoms with Gasteiger partial charge in [-0.2, -0.15) is 0 Å². The van der Waals surface area contributed by atoms with Crippen molar-refractivity contribution in [2.24, 2.45) is 11.8 Å². The minimum absolute atomic E-state index is 0.146. The van der Waals surface area contributed by atoms with Gasteiger partial charge in [-0.25, -0.2) is 0 Å². The van der Waals surface area contributed by atoms with Crippen molar-refractivity contribution in [3.63, 3.8) is 0 Å². The summed E-state index contributed by atoms with van der Waals surface area (Å²) in [5.74, 6) is 2.78. The molecule has 2 fully saturated rings. The molecule has 3 unspecified atom stereocenters. The van der Waals surface area contributed by atoms with E-state index in [1.165, 1.54) is 41.8 Å². The third kappa shape index (κ3) is 3.44. The van der Waals surface area contributed by atoms with Crippen molar-refractivity contribution in [3.05, 3.63) is 101 Å². The van der Waals surface area contributed by atoms with Crippen LogP contribution in [0.4, 0.5) is 0 Å². The number of nitrogens with zero attached hydrogens (tertiary/aromatic N) is 1. The average Bonchev–Trinajstić information content (AvgIpc) is 3.40. The molecule has 1 aliphatic heterocycles. The van der Waals surface area contributed by atoms with Gasteiger partial charge in [-0.1, -0.05) is 85.3 Å². The van der Waals surface area contributed by atoms with Crippen LogP contribution in [0, 0.1) is 18.8 Å². The van der Waals surface area contributed by atoms with Crippen LogP contribution in [0.2, 0.25) is 0 Å². The van der Waals surface area contributed by atoms with Gasteiger partial charge in [0.05, 0.1) is 5.54 Å². The molecule has 0 aromatic heterocycles. The lowest BCUT2D eigenvalue weighted by molar-refractivity contribution is 0.129. The Balaban J connectivity index is 1.59. The first-order valence-electron chi connectivity index (χ1n) is 11.3. The lowest BCUT2D eigenvalue weighted by Gasteiger charge is -2.44. The molecular formula is C28H31NO. The molecule has 1 saturated heterocycles. The summed E-state index contributed by atoms with van der Waals surface area (Å²) in [6.07, 6.45) is 2.44. The molecule has 1 saturated carbocycles. The van der Waals surface area contributed by atoms with E-state index in [4.69, 9.17) is 4.74 Å². The molecule has 0 N–H and O–H groups in total. The van der Waals surface area contributed by atoms with Crippen molar-refractivity contribution >= 4 is 0 Å². The maximum absolute atomic E-state index is 6.48. The Morgan fingerprint density at radius 2 is 1.57 bits per heavy atom. The number of rotatable bonds is 7. The maximum Gasteiger partial charge on any atom is 0.125 e. The smallest absolute Gasteiger partial charge is 0.125 e. The number of fused-ring (bicyclic) bond motifs is 1. The standard InChI is InChI=1S/C28H31NO/c1-3-28(25-12-8-5-9-13-25,29-18-23-17-24(23)19-29)26-16-21(2)14-15-27(26)30-20-22-10-6-4-7-11-22/h4-16,23-24H,3,17-20H2,1-2H3. The second kappa shape index (κ2) is 7.92. The lowest BCUT2D eigenvalue weighted by Crippen LogP contribution is -2.46. The highest BCUT2D eigenvalue weighted by atomic mass is 16.5. The maximum atomic E-state index is 6.48. The van der Waals surface area contributed by atoms with E-state index in [9.17, 15) is 0 Å². The lowest BCUT2D eigenvalue weighted by atomic mass is 9.78. The van der Waals surface area contributed by atoms with Gasteiger partial charge in [0, 0.05) is 18.7 Å². The number of benzene rings is 3. The number of hydrogen-bond acceptors (Lipinski definition) is 2. The predicted molar refractivity (Wildman–Crippen MR) is 123 cm³/mol. The summed E-state index contributed by atoms with van der Waals surface area (Å²) in [7, 11) is 0. The van der Waals surface area contributed by atoms with Crippen molar-refractivity contribution in [1.82, 2.24) is 4.90 Å². The predicted octanol–water partition coefficient (Wildman–Crippen LogP) is 6.18. The molecule has 5 rings (SSSR count). The Kier molecular flexibility index (Phi) is 5.12. The number of ether oxygens (including phenoxy) is 1. The van der Waals surface area contributed by atoms with Gasteiger partial charge in [0.1, 0.15) is 12.4 Å². The van der Waals surface area contributed by atoms with Crippen molar-refractivity contribution in [2.75, 3.05) is 13.1 Å². The molecule has 3 atom stereocenters. The second-order valence-electron chi connectivity index (χ2n) is 9.01. The van der Waals surface area contributed by atoms with E-state index in [-0.39, 0.29) is 5.54 Å². The van der Waals surface area contributed by atoms with E-state index in [0.29, 0.717) is 6.61 Å². The quantitative estimate of drug-likeness (QED) is 0.472. The number of piperidine rings is 1. The molecule has 2 heteroatoms. The highest BCUT2D eigenvalue weighted by molar-refractivity contribution is 5.49. The van der Waals surface area contributed by atoms with Crippen molar-refractivity contribution in [1.29, 1.82) is 0 Å². The summed E-state index contributed by atoms with van der Waals surface area (Å²) >= 11 is 0. The van der Waals surface area contributed by atoms with Gasteiger partial charge >= 0.3 is 0 Å². The topological polar surface area (TPSA) is 12.5 Å². The summed E-state index contributed by atoms with van der Waals surface area (Å²) in [6.45, 7) is 7.51. The van der Waals surface area contributed by atoms with Crippen LogP contribution in [-0.4, -0.2) is 18.0 Å². The zero-order valence-corrected chi connectivity index (χ0v) is 18.1. The molecule has 0 radical (unpaired) electrons. The van der Waals surface area contributed by atoms with Crippen LogP contribution in [0.15, 0.2) is 78.9 Å². The normalized spacial score (nSPS) is 22.3. The average molecular weight is 398 g/mol. The van der Waals surface area contributed by atoms with Gasteiger partial charge in [0.2, 0.25) is 0 Å². The fourth-order valence-electron chi connectivity index (χ4n) is 5.38. The minimum Gasteiger partial charge on any atom is -0.489 e. The third-order valence-corrected chi connectivity index (χ3v) is 7.10. The van der Waals surface area contributed by atoms with Crippen LogP contribution in [0.25, 0.3) is 0 Å². The summed E-state index contributed by atoms with van der Waals surface area (Å²) < 4.78 is 6.48. The summed E-state index contributed by atoms with van der Waals surface area (Å²) in [6, 6.07) is 28.3. The van der Waals surface area contributed by atoms with Crippen molar-refractivity contribution < 1.29 is 4.74 Å². The Morgan fingerprint density at radius 3 is 2.23 bits per heavy atom. The summed E-state index contributed by atoms with van der Waals surface area (Å²) in [5, 5.41) is 0. The van der Waals surface area contributed by atoms with E-state index in [0.717, 1.165) is 24.0 Å². The van der Waals surface area contributed by atoms with E-state index in [1.54, 1.807) is 0 Å². The SMILES string of the molecule is CCC(c1ccccc1)(c1cc(C)ccc1OCc1ccccc1)N1CC2CC2C1. The Hall–Kier alpha value is -2.58. The van der Waals surface area contributed by atoms with Crippen LogP contribution >= 0.6 is 0 Å². The van der Waals surface area contributed by atoms with Gasteiger partial charge < -0.3 is 4.74 Å². The molecule has 154 valence electrons. The van der Waals surface area contributed by atoms with Gasteiger partial charge in [-0.05, 0) is 48.8 Å². The van der Waals surface area contributed by atoms with Crippen LogP contribution in [-0.2, 0) is 12.1 Å². The molecule has 3 aromatic carbocycles. The van der Waals surface area contributed by atoms with Crippen LogP contribution < -0.4 is 4.74 Å². The molecule has 1 aliphatic carbocycles. The van der Waals surface area contributed by atoms with Crippen molar-refractivity contribution in [2.45, 2.75) is 38.8 Å². The van der Waals surface area contributed by atoms with Gasteiger partial charge in [-0.3, -0.25) is 4.90 Å². The van der Waals surface area contributed by atoms with E-state index >= 15 is 0 Å². The Bertz CT molecular complexity index is 990. The molecular weight excluding hydrogens is 366 g/mol. The first-order valence-corrected chi connectivity index (χ1v) is 11.3. The second-order valence-corrected chi connectivity index (χ2v) is 9.01. The monoisotopic (exact) mass is 397 g/mol. The highest BCUT2D eigenvalue weighted by Crippen LogP contribution is 2.53. The number of aryl methyl sites for hydroxylation is 1. The molecule has 2 aliphatic rings. The Morgan fingerprint density at radius 1 is 0.900 bits per heavy atom. The minimum atomic E-state index is -0.146. The van der Waals surface area contributed by atoms with Gasteiger partial charge in [0.15, 0.2) is 0 Å². The highest BCUT2D eigenvalue weighted by Gasteiger charge is 2.52.